The molecule has 3 aromatic rings. The predicted octanol–water partition coefficient (Wildman–Crippen LogP) is 3.64. The van der Waals surface area contributed by atoms with E-state index in [0.717, 1.165) is 42.1 Å². The van der Waals surface area contributed by atoms with Gasteiger partial charge < -0.3 is 15.4 Å². The molecule has 4 heteroatoms. The summed E-state index contributed by atoms with van der Waals surface area (Å²) >= 11 is 0. The molecule has 23 heavy (non-hydrogen) atoms. The van der Waals surface area contributed by atoms with Gasteiger partial charge >= 0.3 is 0 Å². The number of fused-ring (bicyclic) bond motifs is 1. The van der Waals surface area contributed by atoms with Gasteiger partial charge in [-0.3, -0.25) is 0 Å². The second-order valence-electron chi connectivity index (χ2n) is 5.70. The molecule has 0 aliphatic carbocycles. The van der Waals surface area contributed by atoms with Crippen LogP contribution in [-0.4, -0.2) is 24.7 Å². The molecule has 116 valence electrons. The van der Waals surface area contributed by atoms with Crippen molar-refractivity contribution in [2.45, 2.75) is 6.10 Å². The molecular weight excluding hydrogens is 286 g/mol. The van der Waals surface area contributed by atoms with Crippen LogP contribution in [0.4, 0.5) is 11.5 Å². The van der Waals surface area contributed by atoms with Crippen LogP contribution in [0.25, 0.3) is 10.9 Å². The summed E-state index contributed by atoms with van der Waals surface area (Å²) in [5.74, 6) is 0.854. The van der Waals surface area contributed by atoms with E-state index in [0.29, 0.717) is 0 Å². The fourth-order valence-electron chi connectivity index (χ4n) is 2.84. The molecule has 2 aromatic carbocycles. The summed E-state index contributed by atoms with van der Waals surface area (Å²) in [6.45, 7) is 2.58. The quantitative estimate of drug-likeness (QED) is 0.775. The zero-order valence-electron chi connectivity index (χ0n) is 12.8. The van der Waals surface area contributed by atoms with Gasteiger partial charge in [-0.15, -0.1) is 0 Å². The fraction of sp³-hybridized carbons (Fsp3) is 0.211. The summed E-state index contributed by atoms with van der Waals surface area (Å²) in [4.78, 5) is 4.64. The molecule has 4 nitrogen and oxygen atoms in total. The number of hydrogen-bond acceptors (Lipinski definition) is 4. The average molecular weight is 305 g/mol. The lowest BCUT2D eigenvalue weighted by atomic mass is 10.1. The second-order valence-corrected chi connectivity index (χ2v) is 5.70. The van der Waals surface area contributed by atoms with Gasteiger partial charge in [0.05, 0.1) is 18.2 Å². The molecule has 2 N–H and O–H groups in total. The van der Waals surface area contributed by atoms with Crippen molar-refractivity contribution in [1.82, 2.24) is 10.3 Å². The second kappa shape index (κ2) is 6.36. The minimum Gasteiger partial charge on any atom is -0.371 e. The van der Waals surface area contributed by atoms with E-state index in [9.17, 15) is 0 Å². The highest BCUT2D eigenvalue weighted by molar-refractivity contribution is 5.80. The Hall–Kier alpha value is -2.43. The molecule has 1 aliphatic heterocycles. The van der Waals surface area contributed by atoms with Gasteiger partial charge in [-0.1, -0.05) is 30.3 Å². The Kier molecular flexibility index (Phi) is 3.92. The zero-order valence-corrected chi connectivity index (χ0v) is 12.8. The van der Waals surface area contributed by atoms with Crippen molar-refractivity contribution in [1.29, 1.82) is 0 Å². The van der Waals surface area contributed by atoms with Crippen molar-refractivity contribution >= 4 is 22.4 Å². The Morgan fingerprint density at radius 2 is 1.87 bits per heavy atom. The van der Waals surface area contributed by atoms with E-state index in [2.05, 4.69) is 52.0 Å². The van der Waals surface area contributed by atoms with Gasteiger partial charge in [0.25, 0.3) is 0 Å². The lowest BCUT2D eigenvalue weighted by Crippen LogP contribution is -2.33. The molecule has 1 aliphatic rings. The van der Waals surface area contributed by atoms with E-state index in [1.54, 1.807) is 0 Å². The maximum atomic E-state index is 5.78. The van der Waals surface area contributed by atoms with E-state index in [-0.39, 0.29) is 6.10 Å². The maximum absolute atomic E-state index is 5.78. The number of rotatable bonds is 3. The number of hydrogen-bond donors (Lipinski definition) is 2. The molecule has 2 heterocycles. The monoisotopic (exact) mass is 305 g/mol. The van der Waals surface area contributed by atoms with Crippen molar-refractivity contribution in [2.24, 2.45) is 0 Å². The van der Waals surface area contributed by atoms with Gasteiger partial charge in [-0.25, -0.2) is 4.98 Å². The lowest BCUT2D eigenvalue weighted by molar-refractivity contribution is 0.0277. The van der Waals surface area contributed by atoms with E-state index in [4.69, 9.17) is 4.74 Å². The molecule has 1 atom stereocenters. The van der Waals surface area contributed by atoms with Gasteiger partial charge in [0.15, 0.2) is 0 Å². The molecule has 0 radical (unpaired) electrons. The Morgan fingerprint density at radius 1 is 1.00 bits per heavy atom. The maximum Gasteiger partial charge on any atom is 0.131 e. The third kappa shape index (κ3) is 3.18. The van der Waals surface area contributed by atoms with Crippen molar-refractivity contribution in [3.8, 4) is 0 Å². The number of morpholine rings is 1. The van der Waals surface area contributed by atoms with Crippen LogP contribution >= 0.6 is 0 Å². The van der Waals surface area contributed by atoms with Crippen LogP contribution in [0.1, 0.15) is 11.7 Å². The number of pyridine rings is 1. The summed E-state index contributed by atoms with van der Waals surface area (Å²) < 4.78 is 5.78. The topological polar surface area (TPSA) is 46.2 Å². The van der Waals surface area contributed by atoms with Gasteiger partial charge in [-0.2, -0.15) is 0 Å². The molecule has 0 spiro atoms. The fourth-order valence-corrected chi connectivity index (χ4v) is 2.84. The number of para-hydroxylation sites is 1. The van der Waals surface area contributed by atoms with E-state index < -0.39 is 0 Å². The number of nitrogens with one attached hydrogen (secondary N) is 2. The van der Waals surface area contributed by atoms with Crippen molar-refractivity contribution in [2.75, 3.05) is 25.0 Å². The third-order valence-electron chi connectivity index (χ3n) is 4.08. The number of nitrogens with zero attached hydrogens (tertiary/aromatic N) is 1. The molecule has 0 amide bonds. The van der Waals surface area contributed by atoms with Crippen LogP contribution in [0.3, 0.4) is 0 Å². The molecule has 0 bridgehead atoms. The minimum absolute atomic E-state index is 0.150. The first-order chi connectivity index (χ1) is 11.4. The predicted molar refractivity (Wildman–Crippen MR) is 93.0 cm³/mol. The number of aromatic nitrogens is 1. The first-order valence-corrected chi connectivity index (χ1v) is 7.94. The standard InChI is InChI=1S/C19H19N3O/c1-2-4-17-14(3-1)7-10-19(22-17)21-16-8-5-15(6-9-16)18-13-20-11-12-23-18/h1-10,18,20H,11-13H2,(H,21,22). The van der Waals surface area contributed by atoms with Crippen LogP contribution in [0.5, 0.6) is 0 Å². The van der Waals surface area contributed by atoms with Crippen LogP contribution in [0.2, 0.25) is 0 Å². The highest BCUT2D eigenvalue weighted by Crippen LogP contribution is 2.23. The Balaban J connectivity index is 1.51. The summed E-state index contributed by atoms with van der Waals surface area (Å²) in [6.07, 6.45) is 0.150. The summed E-state index contributed by atoms with van der Waals surface area (Å²) in [5.41, 5.74) is 3.23. The molecule has 1 saturated heterocycles. The molecule has 1 fully saturated rings. The van der Waals surface area contributed by atoms with Gasteiger partial charge in [-0.05, 0) is 35.9 Å². The van der Waals surface area contributed by atoms with Crippen LogP contribution in [0, 0.1) is 0 Å². The summed E-state index contributed by atoms with van der Waals surface area (Å²) in [6, 6.07) is 20.6. The van der Waals surface area contributed by atoms with Gasteiger partial charge in [0.1, 0.15) is 5.82 Å². The molecular formula is C19H19N3O. The van der Waals surface area contributed by atoms with E-state index >= 15 is 0 Å². The smallest absolute Gasteiger partial charge is 0.131 e. The number of anilines is 2. The third-order valence-corrected chi connectivity index (χ3v) is 4.08. The Bertz CT molecular complexity index is 795. The molecule has 0 saturated carbocycles. The van der Waals surface area contributed by atoms with Crippen LogP contribution in [0.15, 0.2) is 60.7 Å². The molecule has 1 aromatic heterocycles. The SMILES string of the molecule is c1ccc2nc(Nc3ccc(C4CNCCO4)cc3)ccc2c1. The normalized spacial score (nSPS) is 18.0. The highest BCUT2D eigenvalue weighted by Gasteiger charge is 2.15. The van der Waals surface area contributed by atoms with Crippen LogP contribution < -0.4 is 10.6 Å². The summed E-state index contributed by atoms with van der Waals surface area (Å²) in [7, 11) is 0. The number of ether oxygens (including phenoxy) is 1. The number of benzene rings is 2. The largest absolute Gasteiger partial charge is 0.371 e. The van der Waals surface area contributed by atoms with Crippen molar-refractivity contribution in [3.63, 3.8) is 0 Å². The average Bonchev–Trinajstić information content (AvgIpc) is 2.63. The van der Waals surface area contributed by atoms with E-state index in [1.807, 2.05) is 24.3 Å². The van der Waals surface area contributed by atoms with E-state index in [1.165, 1.54) is 5.56 Å². The van der Waals surface area contributed by atoms with Gasteiger partial charge in [0, 0.05) is 24.2 Å². The highest BCUT2D eigenvalue weighted by atomic mass is 16.5. The van der Waals surface area contributed by atoms with Crippen molar-refractivity contribution in [3.05, 3.63) is 66.2 Å². The zero-order chi connectivity index (χ0) is 15.5. The van der Waals surface area contributed by atoms with Gasteiger partial charge in [0.2, 0.25) is 0 Å². The lowest BCUT2D eigenvalue weighted by Gasteiger charge is -2.24. The first-order valence-electron chi connectivity index (χ1n) is 7.94. The molecule has 4 rings (SSSR count). The summed E-state index contributed by atoms with van der Waals surface area (Å²) in [5, 5.41) is 7.86. The van der Waals surface area contributed by atoms with Crippen molar-refractivity contribution < 1.29 is 4.74 Å². The first kappa shape index (κ1) is 14.2. The minimum atomic E-state index is 0.150. The van der Waals surface area contributed by atoms with Crippen LogP contribution in [-0.2, 0) is 4.74 Å². The Morgan fingerprint density at radius 3 is 2.70 bits per heavy atom. The molecule has 1 unspecified atom stereocenters. The Labute approximate surface area is 135 Å².